The monoisotopic (exact) mass is 324 g/mol. The van der Waals surface area contributed by atoms with E-state index in [1.807, 2.05) is 20.0 Å². The van der Waals surface area contributed by atoms with Crippen LogP contribution in [0.3, 0.4) is 0 Å². The number of nitrogens with zero attached hydrogens (tertiary/aromatic N) is 3. The second-order valence-electron chi connectivity index (χ2n) is 6.07. The summed E-state index contributed by atoms with van der Waals surface area (Å²) in [5, 5.41) is 0. The van der Waals surface area contributed by atoms with Crippen LogP contribution in [0.15, 0.2) is 36.5 Å². The van der Waals surface area contributed by atoms with Gasteiger partial charge in [0.2, 0.25) is 0 Å². The largest absolute Gasteiger partial charge is 0.393 e. The second-order valence-corrected chi connectivity index (χ2v) is 6.54. The highest BCUT2D eigenvalue weighted by atomic mass is 32.1. The topological polar surface area (TPSA) is 56.7 Å². The number of thiocarbonyl (C=S) groups is 1. The van der Waals surface area contributed by atoms with E-state index < -0.39 is 0 Å². The lowest BCUT2D eigenvalue weighted by atomic mass is 10.1. The van der Waals surface area contributed by atoms with Crippen LogP contribution in [0, 0.1) is 19.8 Å². The Hall–Kier alpha value is -2.27. The van der Waals surface area contributed by atoms with Gasteiger partial charge in [0.05, 0.1) is 4.99 Å². The van der Waals surface area contributed by atoms with Gasteiger partial charge in [-0.05, 0) is 25.5 Å². The third kappa shape index (κ3) is 3.10. The number of nitrogens with two attached hydrogens (primary N) is 1. The summed E-state index contributed by atoms with van der Waals surface area (Å²) in [7, 11) is 0. The summed E-state index contributed by atoms with van der Waals surface area (Å²) < 4.78 is 2.11. The molecule has 2 N–H and O–H groups in total. The Morgan fingerprint density at radius 3 is 2.57 bits per heavy atom. The molecule has 0 fully saturated rings. The molecule has 0 saturated carbocycles. The molecule has 1 atom stereocenters. The van der Waals surface area contributed by atoms with Crippen molar-refractivity contribution in [2.45, 2.75) is 27.3 Å². The Morgan fingerprint density at radius 2 is 1.91 bits per heavy atom. The number of aromatic nitrogens is 3. The first-order valence-electron chi connectivity index (χ1n) is 7.65. The SMILES string of the molecule is Cc1ccc(-c2nc3cc(C)cnc3n2CC(C)C(N)=S)cc1. The molecule has 0 saturated heterocycles. The van der Waals surface area contributed by atoms with Gasteiger partial charge in [0.1, 0.15) is 11.3 Å². The van der Waals surface area contributed by atoms with E-state index >= 15 is 0 Å². The quantitative estimate of drug-likeness (QED) is 0.745. The molecule has 0 radical (unpaired) electrons. The third-order valence-corrected chi connectivity index (χ3v) is 4.38. The highest BCUT2D eigenvalue weighted by Gasteiger charge is 2.17. The summed E-state index contributed by atoms with van der Waals surface area (Å²) in [5.74, 6) is 0.982. The number of aryl methyl sites for hydroxylation is 2. The van der Waals surface area contributed by atoms with Crippen molar-refractivity contribution in [3.8, 4) is 11.4 Å². The fourth-order valence-corrected chi connectivity index (χ4v) is 2.65. The highest BCUT2D eigenvalue weighted by molar-refractivity contribution is 7.80. The van der Waals surface area contributed by atoms with Crippen molar-refractivity contribution >= 4 is 28.4 Å². The molecular weight excluding hydrogens is 304 g/mol. The molecule has 3 rings (SSSR count). The predicted molar refractivity (Wildman–Crippen MR) is 98.4 cm³/mol. The Balaban J connectivity index is 2.18. The van der Waals surface area contributed by atoms with Crippen LogP contribution in [0.4, 0.5) is 0 Å². The van der Waals surface area contributed by atoms with Gasteiger partial charge in [0, 0.05) is 24.2 Å². The first kappa shape index (κ1) is 15.6. The van der Waals surface area contributed by atoms with Crippen LogP contribution in [0.25, 0.3) is 22.6 Å². The van der Waals surface area contributed by atoms with Gasteiger partial charge in [0.15, 0.2) is 5.65 Å². The Morgan fingerprint density at radius 1 is 1.22 bits per heavy atom. The van der Waals surface area contributed by atoms with E-state index in [0.29, 0.717) is 11.5 Å². The average Bonchev–Trinajstić information content (AvgIpc) is 2.85. The molecule has 0 aliphatic carbocycles. The smallest absolute Gasteiger partial charge is 0.160 e. The predicted octanol–water partition coefficient (Wildman–Crippen LogP) is 3.64. The van der Waals surface area contributed by atoms with Crippen LogP contribution in [0.2, 0.25) is 0 Å². The molecule has 4 nitrogen and oxygen atoms in total. The number of hydrogen-bond acceptors (Lipinski definition) is 3. The summed E-state index contributed by atoms with van der Waals surface area (Å²) in [5.41, 5.74) is 11.0. The summed E-state index contributed by atoms with van der Waals surface area (Å²) >= 11 is 5.14. The Labute approximate surface area is 141 Å². The van der Waals surface area contributed by atoms with Crippen molar-refractivity contribution < 1.29 is 0 Å². The van der Waals surface area contributed by atoms with Crippen molar-refractivity contribution in [1.82, 2.24) is 14.5 Å². The fourth-order valence-electron chi connectivity index (χ4n) is 2.57. The maximum absolute atomic E-state index is 5.81. The zero-order valence-electron chi connectivity index (χ0n) is 13.6. The molecular formula is C18H20N4S. The van der Waals surface area contributed by atoms with Crippen molar-refractivity contribution in [3.05, 3.63) is 47.7 Å². The van der Waals surface area contributed by atoms with E-state index in [4.69, 9.17) is 22.9 Å². The minimum Gasteiger partial charge on any atom is -0.393 e. The number of pyridine rings is 1. The molecule has 118 valence electrons. The molecule has 1 aromatic carbocycles. The molecule has 0 aliphatic rings. The number of hydrogen-bond donors (Lipinski definition) is 1. The van der Waals surface area contributed by atoms with E-state index in [9.17, 15) is 0 Å². The third-order valence-electron chi connectivity index (χ3n) is 3.97. The van der Waals surface area contributed by atoms with Crippen LogP contribution in [0.5, 0.6) is 0 Å². The van der Waals surface area contributed by atoms with E-state index in [0.717, 1.165) is 28.1 Å². The summed E-state index contributed by atoms with van der Waals surface area (Å²) in [6, 6.07) is 10.4. The zero-order chi connectivity index (χ0) is 16.6. The highest BCUT2D eigenvalue weighted by Crippen LogP contribution is 2.25. The van der Waals surface area contributed by atoms with Gasteiger partial charge in [-0.1, -0.05) is 49.0 Å². The molecule has 0 spiro atoms. The first-order valence-corrected chi connectivity index (χ1v) is 8.06. The fraction of sp³-hybridized carbons (Fsp3) is 0.278. The maximum atomic E-state index is 5.81. The number of fused-ring (bicyclic) bond motifs is 1. The van der Waals surface area contributed by atoms with Gasteiger partial charge in [-0.25, -0.2) is 9.97 Å². The van der Waals surface area contributed by atoms with Crippen LogP contribution in [-0.2, 0) is 6.54 Å². The van der Waals surface area contributed by atoms with Gasteiger partial charge in [-0.2, -0.15) is 0 Å². The first-order chi connectivity index (χ1) is 11.0. The van der Waals surface area contributed by atoms with E-state index in [1.54, 1.807) is 0 Å². The second kappa shape index (κ2) is 6.08. The molecule has 1 unspecified atom stereocenters. The lowest BCUT2D eigenvalue weighted by Gasteiger charge is -2.14. The Kier molecular flexibility index (Phi) is 4.13. The molecule has 2 heterocycles. The van der Waals surface area contributed by atoms with Crippen molar-refractivity contribution in [1.29, 1.82) is 0 Å². The van der Waals surface area contributed by atoms with Crippen LogP contribution < -0.4 is 5.73 Å². The van der Waals surface area contributed by atoms with Gasteiger partial charge < -0.3 is 10.3 Å². The maximum Gasteiger partial charge on any atom is 0.160 e. The average molecular weight is 324 g/mol. The number of imidazole rings is 1. The van der Waals surface area contributed by atoms with E-state index in [1.165, 1.54) is 5.56 Å². The number of benzene rings is 1. The van der Waals surface area contributed by atoms with Crippen molar-refractivity contribution in [3.63, 3.8) is 0 Å². The van der Waals surface area contributed by atoms with Gasteiger partial charge in [-0.3, -0.25) is 0 Å². The summed E-state index contributed by atoms with van der Waals surface area (Å²) in [6.45, 7) is 6.80. The summed E-state index contributed by atoms with van der Waals surface area (Å²) in [6.07, 6.45) is 1.87. The molecule has 23 heavy (non-hydrogen) atoms. The van der Waals surface area contributed by atoms with Gasteiger partial charge >= 0.3 is 0 Å². The summed E-state index contributed by atoms with van der Waals surface area (Å²) in [4.78, 5) is 9.88. The van der Waals surface area contributed by atoms with Crippen LogP contribution >= 0.6 is 12.2 Å². The lowest BCUT2D eigenvalue weighted by molar-refractivity contribution is 0.614. The minimum absolute atomic E-state index is 0.0784. The molecule has 0 aliphatic heterocycles. The van der Waals surface area contributed by atoms with Crippen molar-refractivity contribution in [2.75, 3.05) is 0 Å². The molecule has 0 bridgehead atoms. The van der Waals surface area contributed by atoms with Gasteiger partial charge in [-0.15, -0.1) is 0 Å². The molecule has 0 amide bonds. The number of rotatable bonds is 4. The van der Waals surface area contributed by atoms with E-state index in [2.05, 4.69) is 46.8 Å². The molecule has 2 aromatic heterocycles. The lowest BCUT2D eigenvalue weighted by Crippen LogP contribution is -2.23. The molecule has 5 heteroatoms. The minimum atomic E-state index is 0.0784. The van der Waals surface area contributed by atoms with E-state index in [-0.39, 0.29) is 5.92 Å². The van der Waals surface area contributed by atoms with Crippen LogP contribution in [0.1, 0.15) is 18.1 Å². The van der Waals surface area contributed by atoms with Crippen LogP contribution in [-0.4, -0.2) is 19.5 Å². The standard InChI is InChI=1S/C18H20N4S/c1-11-4-6-14(7-5-11)17-21-15-8-12(2)9-20-18(15)22(17)10-13(3)16(19)23/h4-9,13H,10H2,1-3H3,(H2,19,23). The van der Waals surface area contributed by atoms with Gasteiger partial charge in [0.25, 0.3) is 0 Å². The Bertz CT molecular complexity index is 865. The van der Waals surface area contributed by atoms with Crippen molar-refractivity contribution in [2.24, 2.45) is 11.7 Å². The normalized spacial score (nSPS) is 12.5. The molecule has 3 aromatic rings. The zero-order valence-corrected chi connectivity index (χ0v) is 14.4.